The van der Waals surface area contributed by atoms with E-state index in [-0.39, 0.29) is 30.6 Å². The second-order valence-corrected chi connectivity index (χ2v) is 6.70. The molecule has 146 valence electrons. The van der Waals surface area contributed by atoms with E-state index < -0.39 is 0 Å². The Hall–Kier alpha value is -2.24. The number of carbonyl (C=O) groups excluding carboxylic acids is 1. The number of rotatable bonds is 5. The highest BCUT2D eigenvalue weighted by Crippen LogP contribution is 2.21. The van der Waals surface area contributed by atoms with Crippen molar-refractivity contribution in [3.63, 3.8) is 0 Å². The molecule has 6 heteroatoms. The Morgan fingerprint density at radius 1 is 1.11 bits per heavy atom. The van der Waals surface area contributed by atoms with Gasteiger partial charge in [-0.15, -0.1) is 12.4 Å². The summed E-state index contributed by atoms with van der Waals surface area (Å²) in [5, 5.41) is 0. The van der Waals surface area contributed by atoms with Gasteiger partial charge in [-0.1, -0.05) is 42.5 Å². The Labute approximate surface area is 166 Å². The molecule has 0 aromatic heterocycles. The first-order valence-corrected chi connectivity index (χ1v) is 9.09. The van der Waals surface area contributed by atoms with Gasteiger partial charge in [0.05, 0.1) is 0 Å². The van der Waals surface area contributed by atoms with E-state index in [9.17, 15) is 4.79 Å². The molecule has 3 rings (SSSR count). The third-order valence-corrected chi connectivity index (χ3v) is 4.61. The molecule has 1 amide bonds. The van der Waals surface area contributed by atoms with Gasteiger partial charge in [0.15, 0.2) is 0 Å². The van der Waals surface area contributed by atoms with Crippen LogP contribution in [-0.4, -0.2) is 30.2 Å². The van der Waals surface area contributed by atoms with Crippen molar-refractivity contribution in [2.75, 3.05) is 13.1 Å². The van der Waals surface area contributed by atoms with Crippen LogP contribution in [-0.2, 0) is 11.3 Å². The molecule has 2 aromatic rings. The monoisotopic (exact) mass is 390 g/mol. The fraction of sp³-hybridized carbons (Fsp3) is 0.381. The van der Waals surface area contributed by atoms with Crippen LogP contribution >= 0.6 is 12.4 Å². The zero-order valence-electron chi connectivity index (χ0n) is 15.5. The van der Waals surface area contributed by atoms with E-state index in [1.165, 1.54) is 0 Å². The molecule has 0 bridgehead atoms. The number of ether oxygens (including phenoxy) is 2. The summed E-state index contributed by atoms with van der Waals surface area (Å²) in [6, 6.07) is 17.6. The van der Waals surface area contributed by atoms with E-state index in [1.807, 2.05) is 61.5 Å². The summed E-state index contributed by atoms with van der Waals surface area (Å²) in [4.78, 5) is 13.9. The van der Waals surface area contributed by atoms with Gasteiger partial charge >= 0.3 is 6.09 Å². The number of amides is 1. The predicted octanol–water partition coefficient (Wildman–Crippen LogP) is 4.31. The summed E-state index contributed by atoms with van der Waals surface area (Å²) in [7, 11) is 0. The first-order chi connectivity index (χ1) is 12.6. The molecule has 0 radical (unpaired) electrons. The summed E-state index contributed by atoms with van der Waals surface area (Å²) >= 11 is 0. The number of nitrogens with two attached hydrogens (primary N) is 1. The van der Waals surface area contributed by atoms with E-state index in [1.54, 1.807) is 4.90 Å². The number of hydrogen-bond donors (Lipinski definition) is 1. The second-order valence-electron chi connectivity index (χ2n) is 6.70. The molecule has 2 aromatic carbocycles. The first kappa shape index (κ1) is 21.1. The van der Waals surface area contributed by atoms with Crippen LogP contribution < -0.4 is 10.5 Å². The van der Waals surface area contributed by atoms with Crippen molar-refractivity contribution >= 4 is 18.5 Å². The van der Waals surface area contributed by atoms with Crippen LogP contribution in [0.25, 0.3) is 0 Å². The molecule has 0 spiro atoms. The van der Waals surface area contributed by atoms with E-state index >= 15 is 0 Å². The molecule has 1 heterocycles. The molecule has 1 aliphatic rings. The van der Waals surface area contributed by atoms with E-state index in [4.69, 9.17) is 15.2 Å². The third kappa shape index (κ3) is 6.15. The van der Waals surface area contributed by atoms with E-state index in [2.05, 4.69) is 0 Å². The van der Waals surface area contributed by atoms with Crippen LogP contribution in [0.3, 0.4) is 0 Å². The standard InChI is InChI=1S/C21H26N2O3.ClH/c1-16(22)18-7-9-19(10-8-18)26-20-11-13-23(14-12-20)21(24)25-15-17-5-3-2-4-6-17;/h2-10,16,20H,11-15,22H2,1H3;1H/t16-;/m0./s1. The molecule has 0 aliphatic carbocycles. The van der Waals surface area contributed by atoms with Gasteiger partial charge in [0.25, 0.3) is 0 Å². The Morgan fingerprint density at radius 2 is 1.74 bits per heavy atom. The highest BCUT2D eigenvalue weighted by atomic mass is 35.5. The minimum absolute atomic E-state index is 0. The van der Waals surface area contributed by atoms with Crippen molar-refractivity contribution in [1.82, 2.24) is 4.90 Å². The average Bonchev–Trinajstić information content (AvgIpc) is 2.68. The van der Waals surface area contributed by atoms with Gasteiger partial charge in [0.1, 0.15) is 18.5 Å². The van der Waals surface area contributed by atoms with Crippen LogP contribution in [0.5, 0.6) is 5.75 Å². The molecule has 0 saturated carbocycles. The molecule has 27 heavy (non-hydrogen) atoms. The third-order valence-electron chi connectivity index (χ3n) is 4.61. The highest BCUT2D eigenvalue weighted by Gasteiger charge is 2.24. The predicted molar refractivity (Wildman–Crippen MR) is 108 cm³/mol. The van der Waals surface area contributed by atoms with Crippen LogP contribution in [0.1, 0.15) is 36.9 Å². The molecular formula is C21H27ClN2O3. The Bertz CT molecular complexity index is 699. The largest absolute Gasteiger partial charge is 0.490 e. The lowest BCUT2D eigenvalue weighted by molar-refractivity contribution is 0.0638. The second kappa shape index (κ2) is 10.2. The van der Waals surface area contributed by atoms with Crippen molar-refractivity contribution in [3.05, 3.63) is 65.7 Å². The van der Waals surface area contributed by atoms with Crippen LogP contribution in [0.15, 0.2) is 54.6 Å². The number of hydrogen-bond acceptors (Lipinski definition) is 4. The fourth-order valence-corrected chi connectivity index (χ4v) is 3.01. The molecule has 5 nitrogen and oxygen atoms in total. The zero-order chi connectivity index (χ0) is 18.4. The average molecular weight is 391 g/mol. The van der Waals surface area contributed by atoms with Gasteiger partial charge in [-0.2, -0.15) is 0 Å². The number of benzene rings is 2. The summed E-state index contributed by atoms with van der Waals surface area (Å²) < 4.78 is 11.4. The van der Waals surface area contributed by atoms with Gasteiger partial charge in [-0.25, -0.2) is 4.79 Å². The fourth-order valence-electron chi connectivity index (χ4n) is 3.01. The van der Waals surface area contributed by atoms with Crippen LogP contribution in [0.2, 0.25) is 0 Å². The molecule has 2 N–H and O–H groups in total. The zero-order valence-corrected chi connectivity index (χ0v) is 16.4. The smallest absolute Gasteiger partial charge is 0.410 e. The SMILES string of the molecule is C[C@H](N)c1ccc(OC2CCN(C(=O)OCc3ccccc3)CC2)cc1.Cl. The Morgan fingerprint density at radius 3 is 2.33 bits per heavy atom. The number of nitrogens with zero attached hydrogens (tertiary/aromatic N) is 1. The number of piperidine rings is 1. The maximum atomic E-state index is 12.2. The molecular weight excluding hydrogens is 364 g/mol. The lowest BCUT2D eigenvalue weighted by Crippen LogP contribution is -2.42. The minimum Gasteiger partial charge on any atom is -0.490 e. The normalized spacial score (nSPS) is 15.6. The number of carbonyl (C=O) groups is 1. The van der Waals surface area contributed by atoms with Crippen molar-refractivity contribution in [3.8, 4) is 5.75 Å². The summed E-state index contributed by atoms with van der Waals surface area (Å²) in [5.74, 6) is 0.847. The summed E-state index contributed by atoms with van der Waals surface area (Å²) in [6.45, 7) is 3.57. The highest BCUT2D eigenvalue weighted by molar-refractivity contribution is 5.85. The van der Waals surface area contributed by atoms with Gasteiger partial charge in [-0.05, 0) is 30.2 Å². The Balaban J connectivity index is 0.00000261. The quantitative estimate of drug-likeness (QED) is 0.826. The molecule has 1 fully saturated rings. The van der Waals surface area contributed by atoms with Gasteiger partial charge in [-0.3, -0.25) is 0 Å². The van der Waals surface area contributed by atoms with E-state index in [0.717, 1.165) is 29.7 Å². The van der Waals surface area contributed by atoms with Crippen LogP contribution in [0, 0.1) is 0 Å². The van der Waals surface area contributed by atoms with E-state index in [0.29, 0.717) is 19.7 Å². The Kier molecular flexibility index (Phi) is 7.95. The van der Waals surface area contributed by atoms with Crippen molar-refractivity contribution < 1.29 is 14.3 Å². The van der Waals surface area contributed by atoms with Crippen molar-refractivity contribution in [2.24, 2.45) is 5.73 Å². The van der Waals surface area contributed by atoms with Crippen molar-refractivity contribution in [2.45, 2.75) is 38.5 Å². The minimum atomic E-state index is -0.256. The van der Waals surface area contributed by atoms with Crippen molar-refractivity contribution in [1.29, 1.82) is 0 Å². The van der Waals surface area contributed by atoms with Gasteiger partial charge < -0.3 is 20.1 Å². The topological polar surface area (TPSA) is 64.8 Å². The lowest BCUT2D eigenvalue weighted by Gasteiger charge is -2.31. The first-order valence-electron chi connectivity index (χ1n) is 9.09. The summed E-state index contributed by atoms with van der Waals surface area (Å²) in [5.41, 5.74) is 7.95. The van der Waals surface area contributed by atoms with Gasteiger partial charge in [0, 0.05) is 32.0 Å². The lowest BCUT2D eigenvalue weighted by atomic mass is 10.1. The number of likely N-dealkylation sites (tertiary alicyclic amines) is 1. The summed E-state index contributed by atoms with van der Waals surface area (Å²) in [6.07, 6.45) is 1.47. The molecule has 0 unspecified atom stereocenters. The number of halogens is 1. The molecule has 1 atom stereocenters. The molecule has 1 aliphatic heterocycles. The molecule has 1 saturated heterocycles. The maximum absolute atomic E-state index is 12.2. The maximum Gasteiger partial charge on any atom is 0.410 e. The van der Waals surface area contributed by atoms with Crippen LogP contribution in [0.4, 0.5) is 4.79 Å². The van der Waals surface area contributed by atoms with Gasteiger partial charge in [0.2, 0.25) is 0 Å².